The molecule has 0 bridgehead atoms. The number of H-pyrrole nitrogens is 1. The van der Waals surface area contributed by atoms with Gasteiger partial charge in [-0.1, -0.05) is 0 Å². The molecule has 0 spiro atoms. The normalized spacial score (nSPS) is 6.67. The van der Waals surface area contributed by atoms with Gasteiger partial charge in [-0.25, -0.2) is 0 Å². The van der Waals surface area contributed by atoms with Crippen molar-refractivity contribution < 1.29 is 29.6 Å². The number of nitrogens with one attached hydrogen (secondary N) is 1. The third kappa shape index (κ3) is 1.60. The van der Waals surface area contributed by atoms with E-state index in [1.54, 1.807) is 12.4 Å². The Labute approximate surface area is 58.2 Å². The van der Waals surface area contributed by atoms with Crippen LogP contribution in [0.5, 0.6) is 0 Å². The van der Waals surface area contributed by atoms with E-state index in [2.05, 4.69) is 10.2 Å². The predicted molar refractivity (Wildman–Crippen MR) is 18.6 cm³/mol. The molecule has 0 saturated heterocycles. The molecule has 0 aliphatic carbocycles. The fourth-order valence-electron chi connectivity index (χ4n) is 0.215. The molecule has 0 saturated carbocycles. The Balaban J connectivity index is 0.000000250. The molecule has 0 amide bonds. The fraction of sp³-hybridized carbons (Fsp3) is 0. The van der Waals surface area contributed by atoms with Crippen LogP contribution >= 0.6 is 0 Å². The maximum absolute atomic E-state index is 3.60. The van der Waals surface area contributed by atoms with Gasteiger partial charge in [-0.05, 0) is 6.07 Å². The summed E-state index contributed by atoms with van der Waals surface area (Å²) in [5, 5.41) is 6.21. The molecule has 3 heteroatoms. The average molecular weight is 91.1 g/mol. The molecule has 6 heavy (non-hydrogen) atoms. The third-order valence-corrected chi connectivity index (χ3v) is 0.406. The molecule has 0 aliphatic rings. The number of aromatic amines is 1. The summed E-state index contributed by atoms with van der Waals surface area (Å²) in [6, 6.07) is 1.83. The van der Waals surface area contributed by atoms with Crippen LogP contribution in [0.3, 0.4) is 0 Å². The molecule has 1 N–H and O–H groups in total. The molecule has 1 heterocycles. The molecular weight excluding hydrogens is 87.0 g/mol. The van der Waals surface area contributed by atoms with E-state index in [4.69, 9.17) is 0 Å². The van der Waals surface area contributed by atoms with Crippen LogP contribution in [0.1, 0.15) is 0 Å². The van der Waals surface area contributed by atoms with E-state index >= 15 is 0 Å². The Kier molecular flexibility index (Phi) is 3.52. The van der Waals surface area contributed by atoms with Crippen molar-refractivity contribution in [2.75, 3.05) is 0 Å². The Morgan fingerprint density at radius 2 is 2.33 bits per heavy atom. The molecule has 1 aromatic rings. The molecule has 0 fully saturated rings. The summed E-state index contributed by atoms with van der Waals surface area (Å²) < 4.78 is 0. The topological polar surface area (TPSA) is 28.7 Å². The molecule has 26 valence electrons. The summed E-state index contributed by atoms with van der Waals surface area (Å²) in [4.78, 5) is 0. The monoisotopic (exact) mass is 91.0 g/mol. The maximum atomic E-state index is 3.60. The molecule has 0 radical (unpaired) electrons. The van der Waals surface area contributed by atoms with Crippen molar-refractivity contribution in [2.24, 2.45) is 0 Å². The summed E-state index contributed by atoms with van der Waals surface area (Å²) in [7, 11) is 0. The molecule has 2 nitrogen and oxygen atoms in total. The van der Waals surface area contributed by atoms with Crippen LogP contribution in [-0.2, 0) is 0 Å². The van der Waals surface area contributed by atoms with Crippen LogP contribution in [0, 0.1) is 0 Å². The van der Waals surface area contributed by atoms with Crippen LogP contribution in [0.4, 0.5) is 0 Å². The molecule has 0 atom stereocenters. The zero-order valence-electron chi connectivity index (χ0n) is 3.68. The van der Waals surface area contributed by atoms with Gasteiger partial charge in [0.25, 0.3) is 0 Å². The van der Waals surface area contributed by atoms with Gasteiger partial charge in [-0.15, -0.1) is 0 Å². The molecular formula is C3H4N2Na+. The minimum Gasteiger partial charge on any atom is -0.286 e. The standard InChI is InChI=1S/C3H4N2.Na/c1-2-4-5-3-1;/h1-3H,(H,4,5);/q;+1. The quantitative estimate of drug-likeness (QED) is 0.349. The van der Waals surface area contributed by atoms with E-state index in [1.807, 2.05) is 6.07 Å². The molecule has 0 unspecified atom stereocenters. The Morgan fingerprint density at radius 1 is 1.50 bits per heavy atom. The number of aromatic nitrogens is 2. The Hall–Kier alpha value is 0.210. The fourth-order valence-corrected chi connectivity index (χ4v) is 0.215. The van der Waals surface area contributed by atoms with Gasteiger partial charge >= 0.3 is 29.6 Å². The van der Waals surface area contributed by atoms with E-state index in [0.717, 1.165) is 0 Å². The predicted octanol–water partition coefficient (Wildman–Crippen LogP) is -2.59. The second-order valence-corrected chi connectivity index (χ2v) is 0.766. The first-order chi connectivity index (χ1) is 2.50. The van der Waals surface area contributed by atoms with Gasteiger partial charge < -0.3 is 0 Å². The van der Waals surface area contributed by atoms with Crippen LogP contribution in [-0.4, -0.2) is 10.2 Å². The van der Waals surface area contributed by atoms with E-state index in [1.165, 1.54) is 0 Å². The Bertz CT molecular complexity index is 65.3. The zero-order valence-corrected chi connectivity index (χ0v) is 5.68. The molecule has 0 aliphatic heterocycles. The summed E-state index contributed by atoms with van der Waals surface area (Å²) in [6.07, 6.45) is 3.46. The number of rotatable bonds is 0. The molecule has 1 rings (SSSR count). The van der Waals surface area contributed by atoms with Crippen molar-refractivity contribution in [3.05, 3.63) is 18.5 Å². The van der Waals surface area contributed by atoms with Gasteiger partial charge in [0.15, 0.2) is 0 Å². The number of nitrogens with zero attached hydrogens (tertiary/aromatic N) is 1. The SMILES string of the molecule is [Na+].c1cn[nH]c1. The van der Waals surface area contributed by atoms with Crippen molar-refractivity contribution in [3.8, 4) is 0 Å². The van der Waals surface area contributed by atoms with Crippen molar-refractivity contribution in [3.63, 3.8) is 0 Å². The summed E-state index contributed by atoms with van der Waals surface area (Å²) in [5.41, 5.74) is 0. The minimum absolute atomic E-state index is 0. The third-order valence-electron chi connectivity index (χ3n) is 0.406. The zero-order chi connectivity index (χ0) is 3.54. The first-order valence-electron chi connectivity index (χ1n) is 1.44. The van der Waals surface area contributed by atoms with Crippen LogP contribution in [0.2, 0.25) is 0 Å². The second kappa shape index (κ2) is 3.40. The summed E-state index contributed by atoms with van der Waals surface area (Å²) in [6.45, 7) is 0. The number of hydrogen-bond donors (Lipinski definition) is 1. The van der Waals surface area contributed by atoms with Crippen LogP contribution in [0.15, 0.2) is 18.5 Å². The summed E-state index contributed by atoms with van der Waals surface area (Å²) in [5.74, 6) is 0. The van der Waals surface area contributed by atoms with Gasteiger partial charge in [0.05, 0.1) is 0 Å². The average Bonchev–Trinajstić information content (AvgIpc) is 1.76. The van der Waals surface area contributed by atoms with Gasteiger partial charge in [0.1, 0.15) is 0 Å². The minimum atomic E-state index is 0. The van der Waals surface area contributed by atoms with E-state index in [-0.39, 0.29) is 29.6 Å². The second-order valence-electron chi connectivity index (χ2n) is 0.766. The van der Waals surface area contributed by atoms with Crippen LogP contribution < -0.4 is 29.6 Å². The van der Waals surface area contributed by atoms with E-state index in [9.17, 15) is 0 Å². The van der Waals surface area contributed by atoms with Crippen molar-refractivity contribution in [1.29, 1.82) is 0 Å². The van der Waals surface area contributed by atoms with Crippen LogP contribution in [0.25, 0.3) is 0 Å². The van der Waals surface area contributed by atoms with Crippen molar-refractivity contribution >= 4 is 0 Å². The van der Waals surface area contributed by atoms with Crippen molar-refractivity contribution in [2.45, 2.75) is 0 Å². The molecule has 0 aromatic carbocycles. The van der Waals surface area contributed by atoms with Gasteiger partial charge in [0, 0.05) is 12.4 Å². The van der Waals surface area contributed by atoms with E-state index in [0.29, 0.717) is 0 Å². The largest absolute Gasteiger partial charge is 1.00 e. The van der Waals surface area contributed by atoms with E-state index < -0.39 is 0 Å². The first-order valence-corrected chi connectivity index (χ1v) is 1.44. The van der Waals surface area contributed by atoms with Gasteiger partial charge in [-0.2, -0.15) is 5.10 Å². The number of hydrogen-bond acceptors (Lipinski definition) is 1. The maximum Gasteiger partial charge on any atom is 1.00 e. The smallest absolute Gasteiger partial charge is 0.286 e. The van der Waals surface area contributed by atoms with Crippen molar-refractivity contribution in [1.82, 2.24) is 10.2 Å². The van der Waals surface area contributed by atoms with Gasteiger partial charge in [0.2, 0.25) is 0 Å². The summed E-state index contributed by atoms with van der Waals surface area (Å²) >= 11 is 0. The Morgan fingerprint density at radius 3 is 2.50 bits per heavy atom. The van der Waals surface area contributed by atoms with Gasteiger partial charge in [-0.3, -0.25) is 5.10 Å². The first kappa shape index (κ1) is 6.21. The molecule has 1 aromatic heterocycles.